The summed E-state index contributed by atoms with van der Waals surface area (Å²) in [6.45, 7) is 2.59. The molecule has 1 aliphatic rings. The van der Waals surface area contributed by atoms with E-state index in [9.17, 15) is 0 Å². The fraction of sp³-hybridized carbons (Fsp3) is 0.500. The highest BCUT2D eigenvalue weighted by Crippen LogP contribution is 2.10. The molecule has 2 aromatic rings. The van der Waals surface area contributed by atoms with Crippen molar-refractivity contribution in [1.82, 2.24) is 19.6 Å². The molecule has 17 heavy (non-hydrogen) atoms. The predicted molar refractivity (Wildman–Crippen MR) is 59.8 cm³/mol. The molecule has 0 saturated carbocycles. The second kappa shape index (κ2) is 4.64. The van der Waals surface area contributed by atoms with Gasteiger partial charge in [-0.3, -0.25) is 4.40 Å². The average Bonchev–Trinajstić information content (AvgIpc) is 2.86. The first-order valence-electron chi connectivity index (χ1n) is 5.51. The number of hydrogen-bond donors (Lipinski definition) is 1. The molecule has 0 amide bonds. The van der Waals surface area contributed by atoms with E-state index < -0.39 is 0 Å². The zero-order valence-corrected chi connectivity index (χ0v) is 9.24. The zero-order valence-electron chi connectivity index (χ0n) is 9.24. The second-order valence-electron chi connectivity index (χ2n) is 3.79. The molecule has 1 saturated heterocycles. The fourth-order valence-electron chi connectivity index (χ4n) is 1.75. The average molecular weight is 235 g/mol. The van der Waals surface area contributed by atoms with Crippen LogP contribution in [0.5, 0.6) is 0 Å². The van der Waals surface area contributed by atoms with Crippen LogP contribution < -0.4 is 5.32 Å². The minimum absolute atomic E-state index is 0.0636. The van der Waals surface area contributed by atoms with Crippen molar-refractivity contribution in [2.75, 3.05) is 31.7 Å². The third-order valence-corrected chi connectivity index (χ3v) is 2.60. The van der Waals surface area contributed by atoms with Crippen molar-refractivity contribution in [3.63, 3.8) is 0 Å². The highest BCUT2D eigenvalue weighted by atomic mass is 16.6. The summed E-state index contributed by atoms with van der Waals surface area (Å²) in [5, 5.41) is 11.0. The predicted octanol–water partition coefficient (Wildman–Crippen LogP) is -0.0484. The Morgan fingerprint density at radius 2 is 2.47 bits per heavy atom. The van der Waals surface area contributed by atoms with Crippen LogP contribution >= 0.6 is 0 Å². The van der Waals surface area contributed by atoms with Crippen LogP contribution in [0.2, 0.25) is 0 Å². The quantitative estimate of drug-likeness (QED) is 0.804. The summed E-state index contributed by atoms with van der Waals surface area (Å²) in [6, 6.07) is 0. The number of ether oxygens (including phenoxy) is 2. The molecule has 0 aromatic carbocycles. The summed E-state index contributed by atoms with van der Waals surface area (Å²) in [6.07, 6.45) is 5.22. The maximum absolute atomic E-state index is 5.54. The standard InChI is InChI=1S/C10H13N5O2/c1-2-15-7-13-14-10(15)9(11-1)12-5-8-6-16-3-4-17-8/h1-2,7-8H,3-6H2,(H,11,12). The van der Waals surface area contributed by atoms with E-state index in [1.807, 2.05) is 4.40 Å². The molecule has 3 heterocycles. The number of rotatable bonds is 3. The molecule has 2 aromatic heterocycles. The molecule has 90 valence electrons. The van der Waals surface area contributed by atoms with Gasteiger partial charge in [0.05, 0.1) is 25.9 Å². The van der Waals surface area contributed by atoms with E-state index in [4.69, 9.17) is 9.47 Å². The highest BCUT2D eigenvalue weighted by Gasteiger charge is 2.15. The van der Waals surface area contributed by atoms with Gasteiger partial charge in [-0.05, 0) is 0 Å². The van der Waals surface area contributed by atoms with Crippen molar-refractivity contribution in [3.8, 4) is 0 Å². The van der Waals surface area contributed by atoms with Crippen LogP contribution in [0.4, 0.5) is 5.82 Å². The Morgan fingerprint density at radius 3 is 3.35 bits per heavy atom. The molecular weight excluding hydrogens is 222 g/mol. The smallest absolute Gasteiger partial charge is 0.203 e. The lowest BCUT2D eigenvalue weighted by Crippen LogP contribution is -2.34. The van der Waals surface area contributed by atoms with E-state index in [0.717, 1.165) is 0 Å². The molecule has 1 aliphatic heterocycles. The topological polar surface area (TPSA) is 73.6 Å². The number of nitrogens with one attached hydrogen (secondary N) is 1. The first-order valence-corrected chi connectivity index (χ1v) is 5.51. The first kappa shape index (κ1) is 10.4. The van der Waals surface area contributed by atoms with Crippen LogP contribution in [0, 0.1) is 0 Å². The van der Waals surface area contributed by atoms with Crippen molar-refractivity contribution in [1.29, 1.82) is 0 Å². The molecule has 1 fully saturated rings. The van der Waals surface area contributed by atoms with Crippen LogP contribution in [0.1, 0.15) is 0 Å². The molecule has 1 unspecified atom stereocenters. The van der Waals surface area contributed by atoms with Gasteiger partial charge in [-0.15, -0.1) is 10.2 Å². The van der Waals surface area contributed by atoms with Gasteiger partial charge in [-0.1, -0.05) is 0 Å². The van der Waals surface area contributed by atoms with Gasteiger partial charge in [0.15, 0.2) is 5.82 Å². The van der Waals surface area contributed by atoms with Gasteiger partial charge in [-0.2, -0.15) is 0 Å². The van der Waals surface area contributed by atoms with Crippen molar-refractivity contribution < 1.29 is 9.47 Å². The lowest BCUT2D eigenvalue weighted by molar-refractivity contribution is -0.0819. The molecule has 1 N–H and O–H groups in total. The van der Waals surface area contributed by atoms with Gasteiger partial charge in [0, 0.05) is 18.9 Å². The van der Waals surface area contributed by atoms with Crippen LogP contribution in [-0.4, -0.2) is 52.1 Å². The van der Waals surface area contributed by atoms with Gasteiger partial charge < -0.3 is 14.8 Å². The van der Waals surface area contributed by atoms with E-state index in [1.165, 1.54) is 0 Å². The molecule has 0 bridgehead atoms. The van der Waals surface area contributed by atoms with Gasteiger partial charge >= 0.3 is 0 Å². The highest BCUT2D eigenvalue weighted by molar-refractivity contribution is 5.61. The van der Waals surface area contributed by atoms with Crippen LogP contribution in [0.3, 0.4) is 0 Å². The van der Waals surface area contributed by atoms with E-state index >= 15 is 0 Å². The molecule has 7 nitrogen and oxygen atoms in total. The summed E-state index contributed by atoms with van der Waals surface area (Å²) in [5.41, 5.74) is 0.712. The maximum atomic E-state index is 5.54. The summed E-state index contributed by atoms with van der Waals surface area (Å²) in [5.74, 6) is 0.708. The Hall–Kier alpha value is -1.73. The first-order chi connectivity index (χ1) is 8.43. The molecule has 3 rings (SSSR count). The summed E-state index contributed by atoms with van der Waals surface area (Å²) < 4.78 is 12.7. The van der Waals surface area contributed by atoms with Gasteiger partial charge in [0.2, 0.25) is 5.65 Å². The third-order valence-electron chi connectivity index (χ3n) is 2.60. The molecule has 1 atom stereocenters. The molecule has 0 aliphatic carbocycles. The fourth-order valence-corrected chi connectivity index (χ4v) is 1.75. The van der Waals surface area contributed by atoms with Crippen molar-refractivity contribution in [3.05, 3.63) is 18.7 Å². The summed E-state index contributed by atoms with van der Waals surface area (Å²) in [7, 11) is 0. The maximum Gasteiger partial charge on any atom is 0.203 e. The molecular formula is C10H13N5O2. The Morgan fingerprint density at radius 1 is 1.47 bits per heavy atom. The van der Waals surface area contributed by atoms with E-state index in [0.29, 0.717) is 37.8 Å². The Balaban J connectivity index is 1.69. The van der Waals surface area contributed by atoms with Crippen LogP contribution in [-0.2, 0) is 9.47 Å². The number of anilines is 1. The summed E-state index contributed by atoms with van der Waals surface area (Å²) in [4.78, 5) is 4.23. The molecule has 0 radical (unpaired) electrons. The summed E-state index contributed by atoms with van der Waals surface area (Å²) >= 11 is 0. The zero-order chi connectivity index (χ0) is 11.5. The van der Waals surface area contributed by atoms with Crippen LogP contribution in [0.25, 0.3) is 5.65 Å². The number of nitrogens with zero attached hydrogens (tertiary/aromatic N) is 4. The molecule has 7 heteroatoms. The Bertz CT molecular complexity index is 494. The van der Waals surface area contributed by atoms with Crippen LogP contribution in [0.15, 0.2) is 18.7 Å². The van der Waals surface area contributed by atoms with E-state index in [-0.39, 0.29) is 6.10 Å². The monoisotopic (exact) mass is 235 g/mol. The second-order valence-corrected chi connectivity index (χ2v) is 3.79. The minimum atomic E-state index is 0.0636. The van der Waals surface area contributed by atoms with Crippen molar-refractivity contribution in [2.24, 2.45) is 0 Å². The van der Waals surface area contributed by atoms with Gasteiger partial charge in [0.1, 0.15) is 6.33 Å². The molecule has 0 spiro atoms. The Labute approximate surface area is 97.8 Å². The van der Waals surface area contributed by atoms with Gasteiger partial charge in [0.25, 0.3) is 0 Å². The number of aromatic nitrogens is 4. The largest absolute Gasteiger partial charge is 0.376 e. The normalized spacial score (nSPS) is 20.6. The lowest BCUT2D eigenvalue weighted by Gasteiger charge is -2.23. The Kier molecular flexibility index (Phi) is 2.85. The number of hydrogen-bond acceptors (Lipinski definition) is 6. The minimum Gasteiger partial charge on any atom is -0.376 e. The number of fused-ring (bicyclic) bond motifs is 1. The van der Waals surface area contributed by atoms with E-state index in [1.54, 1.807) is 18.7 Å². The third kappa shape index (κ3) is 2.20. The van der Waals surface area contributed by atoms with Crippen molar-refractivity contribution in [2.45, 2.75) is 6.10 Å². The van der Waals surface area contributed by atoms with Gasteiger partial charge in [-0.25, -0.2) is 4.98 Å². The van der Waals surface area contributed by atoms with E-state index in [2.05, 4.69) is 20.5 Å². The van der Waals surface area contributed by atoms with Crippen molar-refractivity contribution >= 4 is 11.5 Å². The lowest BCUT2D eigenvalue weighted by atomic mass is 10.3. The SMILES string of the molecule is c1cn2cnnc2c(NCC2COCCO2)n1.